The predicted molar refractivity (Wildman–Crippen MR) is 93.8 cm³/mol. The van der Waals surface area contributed by atoms with Crippen LogP contribution in [0.25, 0.3) is 11.3 Å². The average molecular weight is 322 g/mol. The van der Waals surface area contributed by atoms with E-state index in [1.807, 2.05) is 24.3 Å². The number of hydrogen-bond donors (Lipinski definition) is 1. The summed E-state index contributed by atoms with van der Waals surface area (Å²) < 4.78 is 5.27. The Bertz CT molecular complexity index is 746. The maximum absolute atomic E-state index is 5.27. The number of anilines is 1. The van der Waals surface area contributed by atoms with Crippen molar-refractivity contribution < 1.29 is 4.74 Å². The van der Waals surface area contributed by atoms with Gasteiger partial charge in [-0.2, -0.15) is 5.10 Å². The second-order valence-corrected chi connectivity index (χ2v) is 6.65. The van der Waals surface area contributed by atoms with Gasteiger partial charge in [0.25, 0.3) is 0 Å². The topological polar surface area (TPSA) is 59.9 Å². The van der Waals surface area contributed by atoms with Crippen LogP contribution in [0.1, 0.15) is 19.3 Å². The minimum atomic E-state index is 0.592. The number of nitrogens with one attached hydrogen (secondary N) is 1. The van der Waals surface area contributed by atoms with Crippen LogP contribution in [0.3, 0.4) is 0 Å². The molecular formula is C19H22N4O. The largest absolute Gasteiger partial charge is 0.497 e. The standard InChI is InChI=1S/C19H22N4O/c1-24-17-4-2-3-16(11-17)18-12-21-23-19(22-18)20-8-7-15-10-13-5-6-14(15)9-13/h2-6,11-15H,7-10H2,1H3,(H,20,22,23)/t13-,14+,15-/m1/s1. The van der Waals surface area contributed by atoms with Gasteiger partial charge in [-0.05, 0) is 49.1 Å². The molecule has 0 spiro atoms. The molecule has 2 aliphatic rings. The molecule has 0 aliphatic heterocycles. The lowest BCUT2D eigenvalue weighted by Gasteiger charge is -2.17. The number of aromatic nitrogens is 3. The Hall–Kier alpha value is -2.43. The molecule has 2 aromatic rings. The molecule has 0 saturated heterocycles. The van der Waals surface area contributed by atoms with Gasteiger partial charge in [-0.25, -0.2) is 4.98 Å². The Balaban J connectivity index is 1.38. The quantitative estimate of drug-likeness (QED) is 0.824. The molecule has 2 bridgehead atoms. The molecule has 24 heavy (non-hydrogen) atoms. The summed E-state index contributed by atoms with van der Waals surface area (Å²) in [4.78, 5) is 4.58. The Morgan fingerprint density at radius 3 is 3.00 bits per heavy atom. The van der Waals surface area contributed by atoms with Gasteiger partial charge in [0.1, 0.15) is 5.75 Å². The van der Waals surface area contributed by atoms with Crippen molar-refractivity contribution in [3.8, 4) is 17.0 Å². The van der Waals surface area contributed by atoms with E-state index in [0.29, 0.717) is 5.95 Å². The fourth-order valence-electron chi connectivity index (χ4n) is 3.90. The zero-order valence-corrected chi connectivity index (χ0v) is 13.9. The van der Waals surface area contributed by atoms with Gasteiger partial charge in [0, 0.05) is 12.1 Å². The zero-order chi connectivity index (χ0) is 16.4. The van der Waals surface area contributed by atoms with E-state index >= 15 is 0 Å². The summed E-state index contributed by atoms with van der Waals surface area (Å²) in [7, 11) is 1.66. The predicted octanol–water partition coefficient (Wildman–Crippen LogP) is 3.56. The number of methoxy groups -OCH3 is 1. The smallest absolute Gasteiger partial charge is 0.243 e. The average Bonchev–Trinajstić information content (AvgIpc) is 3.25. The van der Waals surface area contributed by atoms with E-state index in [0.717, 1.165) is 47.7 Å². The molecule has 1 heterocycles. The highest BCUT2D eigenvalue weighted by Crippen LogP contribution is 2.44. The molecule has 5 nitrogen and oxygen atoms in total. The van der Waals surface area contributed by atoms with E-state index in [9.17, 15) is 0 Å². The highest BCUT2D eigenvalue weighted by atomic mass is 16.5. The maximum Gasteiger partial charge on any atom is 0.243 e. The molecule has 0 radical (unpaired) electrons. The molecule has 1 aromatic heterocycles. The van der Waals surface area contributed by atoms with Gasteiger partial charge in [0.2, 0.25) is 5.95 Å². The number of ether oxygens (including phenoxy) is 1. The van der Waals surface area contributed by atoms with Crippen LogP contribution in [-0.2, 0) is 0 Å². The molecule has 3 atom stereocenters. The third kappa shape index (κ3) is 3.11. The van der Waals surface area contributed by atoms with Gasteiger partial charge in [-0.15, -0.1) is 5.10 Å². The number of nitrogens with zero attached hydrogens (tertiary/aromatic N) is 3. The van der Waals surface area contributed by atoms with E-state index in [1.165, 1.54) is 12.8 Å². The second-order valence-electron chi connectivity index (χ2n) is 6.65. The first-order valence-corrected chi connectivity index (χ1v) is 8.58. The number of fused-ring (bicyclic) bond motifs is 2. The summed E-state index contributed by atoms with van der Waals surface area (Å²) in [6.45, 7) is 0.894. The molecule has 4 rings (SSSR count). The van der Waals surface area contributed by atoms with Crippen LogP contribution in [-0.4, -0.2) is 28.8 Å². The van der Waals surface area contributed by atoms with Crippen LogP contribution in [0.2, 0.25) is 0 Å². The van der Waals surface area contributed by atoms with E-state index in [1.54, 1.807) is 13.3 Å². The molecule has 124 valence electrons. The van der Waals surface area contributed by atoms with Gasteiger partial charge in [-0.3, -0.25) is 0 Å². The van der Waals surface area contributed by atoms with Crippen molar-refractivity contribution in [2.24, 2.45) is 17.8 Å². The van der Waals surface area contributed by atoms with Crippen molar-refractivity contribution in [3.05, 3.63) is 42.6 Å². The molecule has 2 aliphatic carbocycles. The fourth-order valence-corrected chi connectivity index (χ4v) is 3.90. The van der Waals surface area contributed by atoms with Crippen molar-refractivity contribution in [2.45, 2.75) is 19.3 Å². The first-order chi connectivity index (χ1) is 11.8. The molecular weight excluding hydrogens is 300 g/mol. The van der Waals surface area contributed by atoms with Crippen LogP contribution >= 0.6 is 0 Å². The normalized spacial score (nSPS) is 24.3. The Kier molecular flexibility index (Phi) is 4.15. The Morgan fingerprint density at radius 1 is 1.25 bits per heavy atom. The number of hydrogen-bond acceptors (Lipinski definition) is 5. The van der Waals surface area contributed by atoms with Crippen molar-refractivity contribution in [1.29, 1.82) is 0 Å². The summed E-state index contributed by atoms with van der Waals surface area (Å²) in [5, 5.41) is 11.5. The number of rotatable bonds is 6. The zero-order valence-electron chi connectivity index (χ0n) is 13.9. The van der Waals surface area contributed by atoms with Crippen molar-refractivity contribution in [2.75, 3.05) is 19.0 Å². The molecule has 0 unspecified atom stereocenters. The van der Waals surface area contributed by atoms with Crippen molar-refractivity contribution in [1.82, 2.24) is 15.2 Å². The Morgan fingerprint density at radius 2 is 2.21 bits per heavy atom. The number of benzene rings is 1. The lowest BCUT2D eigenvalue weighted by atomic mass is 9.91. The lowest BCUT2D eigenvalue weighted by molar-refractivity contribution is 0.415. The van der Waals surface area contributed by atoms with Gasteiger partial charge in [-0.1, -0.05) is 24.3 Å². The highest BCUT2D eigenvalue weighted by molar-refractivity contribution is 5.61. The van der Waals surface area contributed by atoms with Gasteiger partial charge in [0.05, 0.1) is 19.0 Å². The fraction of sp³-hybridized carbons (Fsp3) is 0.421. The first kappa shape index (κ1) is 15.1. The van der Waals surface area contributed by atoms with Crippen LogP contribution in [0.15, 0.2) is 42.6 Å². The van der Waals surface area contributed by atoms with Crippen molar-refractivity contribution >= 4 is 5.95 Å². The van der Waals surface area contributed by atoms with Gasteiger partial charge >= 0.3 is 0 Å². The van der Waals surface area contributed by atoms with E-state index < -0.39 is 0 Å². The van der Waals surface area contributed by atoms with E-state index in [-0.39, 0.29) is 0 Å². The van der Waals surface area contributed by atoms with Crippen LogP contribution in [0, 0.1) is 17.8 Å². The maximum atomic E-state index is 5.27. The minimum absolute atomic E-state index is 0.592. The second kappa shape index (κ2) is 6.59. The molecule has 1 saturated carbocycles. The first-order valence-electron chi connectivity index (χ1n) is 8.58. The Labute approximate surface area is 142 Å². The molecule has 0 amide bonds. The van der Waals surface area contributed by atoms with Crippen LogP contribution in [0.5, 0.6) is 5.75 Å². The summed E-state index contributed by atoms with van der Waals surface area (Å²) >= 11 is 0. The summed E-state index contributed by atoms with van der Waals surface area (Å²) in [5.74, 6) is 3.83. The third-order valence-corrected chi connectivity index (χ3v) is 5.14. The molecule has 1 N–H and O–H groups in total. The highest BCUT2D eigenvalue weighted by Gasteiger charge is 2.34. The molecule has 1 fully saturated rings. The van der Waals surface area contributed by atoms with Crippen LogP contribution in [0.4, 0.5) is 5.95 Å². The SMILES string of the molecule is COc1cccc(-c2cnnc(NCC[C@@H]3C[C@@H]4C=C[C@H]3C4)n2)c1. The van der Waals surface area contributed by atoms with Gasteiger partial charge < -0.3 is 10.1 Å². The minimum Gasteiger partial charge on any atom is -0.497 e. The monoisotopic (exact) mass is 322 g/mol. The molecule has 5 heteroatoms. The summed E-state index contributed by atoms with van der Waals surface area (Å²) in [6, 6.07) is 7.82. The van der Waals surface area contributed by atoms with Crippen molar-refractivity contribution in [3.63, 3.8) is 0 Å². The van der Waals surface area contributed by atoms with Gasteiger partial charge in [0.15, 0.2) is 0 Å². The van der Waals surface area contributed by atoms with E-state index in [2.05, 4.69) is 32.7 Å². The summed E-state index contributed by atoms with van der Waals surface area (Å²) in [6.07, 6.45) is 10.3. The molecule has 1 aromatic carbocycles. The van der Waals surface area contributed by atoms with E-state index in [4.69, 9.17) is 4.74 Å². The third-order valence-electron chi connectivity index (χ3n) is 5.14. The number of allylic oxidation sites excluding steroid dienone is 2. The lowest BCUT2D eigenvalue weighted by Crippen LogP contribution is -2.14. The van der Waals surface area contributed by atoms with Crippen LogP contribution < -0.4 is 10.1 Å². The summed E-state index contributed by atoms with van der Waals surface area (Å²) in [5.41, 5.74) is 1.78.